The summed E-state index contributed by atoms with van der Waals surface area (Å²) in [7, 11) is 0. The lowest BCUT2D eigenvalue weighted by atomic mass is 9.95. The average Bonchev–Trinajstić information content (AvgIpc) is 2.79. The molecule has 4 heteroatoms. The standard InChI is InChI=1S/C15H17Cl2NS/c1-15(2,3)13-8-7-10(19-13)9-18-12-6-4-5-11(16)14(12)17/h4-8,18H,9H2,1-3H3. The smallest absolute Gasteiger partial charge is 0.0823 e. The lowest BCUT2D eigenvalue weighted by molar-refractivity contribution is 0.604. The Bertz CT molecular complexity index is 570. The van der Waals surface area contributed by atoms with Gasteiger partial charge in [0.25, 0.3) is 0 Å². The predicted molar refractivity (Wildman–Crippen MR) is 86.8 cm³/mol. The number of hydrogen-bond donors (Lipinski definition) is 1. The van der Waals surface area contributed by atoms with E-state index in [1.807, 2.05) is 23.5 Å². The first-order valence-electron chi connectivity index (χ1n) is 6.15. The van der Waals surface area contributed by atoms with Crippen LogP contribution in [0, 0.1) is 0 Å². The molecule has 0 aliphatic carbocycles. The molecule has 1 N–H and O–H groups in total. The van der Waals surface area contributed by atoms with Gasteiger partial charge in [0, 0.05) is 16.3 Å². The molecule has 1 aromatic heterocycles. The van der Waals surface area contributed by atoms with Gasteiger partial charge in [-0.05, 0) is 29.7 Å². The zero-order chi connectivity index (χ0) is 14.0. The van der Waals surface area contributed by atoms with Gasteiger partial charge in [-0.3, -0.25) is 0 Å². The molecule has 1 aromatic carbocycles. The number of thiophene rings is 1. The maximum absolute atomic E-state index is 6.15. The molecule has 0 atom stereocenters. The molecule has 0 fully saturated rings. The molecule has 0 unspecified atom stereocenters. The van der Waals surface area contributed by atoms with Crippen LogP contribution in [0.15, 0.2) is 30.3 Å². The molecule has 0 bridgehead atoms. The van der Waals surface area contributed by atoms with E-state index in [4.69, 9.17) is 23.2 Å². The summed E-state index contributed by atoms with van der Waals surface area (Å²) in [6.07, 6.45) is 0. The van der Waals surface area contributed by atoms with Crippen molar-refractivity contribution in [2.45, 2.75) is 32.7 Å². The van der Waals surface area contributed by atoms with E-state index in [2.05, 4.69) is 38.2 Å². The zero-order valence-corrected chi connectivity index (χ0v) is 13.6. The quantitative estimate of drug-likeness (QED) is 0.736. The molecule has 102 valence electrons. The minimum absolute atomic E-state index is 0.205. The van der Waals surface area contributed by atoms with E-state index in [1.54, 1.807) is 6.07 Å². The molecule has 19 heavy (non-hydrogen) atoms. The van der Waals surface area contributed by atoms with Crippen LogP contribution in [0.5, 0.6) is 0 Å². The summed E-state index contributed by atoms with van der Waals surface area (Å²) in [4.78, 5) is 2.68. The first-order chi connectivity index (χ1) is 8.88. The second-order valence-electron chi connectivity index (χ2n) is 5.47. The van der Waals surface area contributed by atoms with Crippen LogP contribution < -0.4 is 5.32 Å². The first-order valence-corrected chi connectivity index (χ1v) is 7.72. The normalized spacial score (nSPS) is 11.6. The molecule has 2 aromatic rings. The van der Waals surface area contributed by atoms with Gasteiger partial charge in [0.05, 0.1) is 15.7 Å². The van der Waals surface area contributed by atoms with Crippen LogP contribution in [0.2, 0.25) is 10.0 Å². The summed E-state index contributed by atoms with van der Waals surface area (Å²) < 4.78 is 0. The number of benzene rings is 1. The number of anilines is 1. The fourth-order valence-electron chi connectivity index (χ4n) is 1.70. The Morgan fingerprint density at radius 1 is 1.11 bits per heavy atom. The molecular formula is C15H17Cl2NS. The molecule has 0 amide bonds. The molecule has 0 aliphatic heterocycles. The highest BCUT2D eigenvalue weighted by atomic mass is 35.5. The van der Waals surface area contributed by atoms with E-state index in [9.17, 15) is 0 Å². The molecule has 2 rings (SSSR count). The highest BCUT2D eigenvalue weighted by Gasteiger charge is 2.16. The van der Waals surface area contributed by atoms with Crippen LogP contribution in [0.4, 0.5) is 5.69 Å². The summed E-state index contributed by atoms with van der Waals surface area (Å²) in [6, 6.07) is 9.98. The summed E-state index contributed by atoms with van der Waals surface area (Å²) in [5, 5.41) is 4.49. The van der Waals surface area contributed by atoms with Crippen molar-refractivity contribution in [1.29, 1.82) is 0 Å². The van der Waals surface area contributed by atoms with Gasteiger partial charge >= 0.3 is 0 Å². The molecule has 0 saturated carbocycles. The fourth-order valence-corrected chi connectivity index (χ4v) is 3.07. The molecule has 0 saturated heterocycles. The van der Waals surface area contributed by atoms with Crippen molar-refractivity contribution in [2.75, 3.05) is 5.32 Å². The summed E-state index contributed by atoms with van der Waals surface area (Å²) >= 11 is 14.0. The van der Waals surface area contributed by atoms with Crippen LogP contribution in [0.3, 0.4) is 0 Å². The molecule has 1 nitrogen and oxygen atoms in total. The third-order valence-electron chi connectivity index (χ3n) is 2.81. The van der Waals surface area contributed by atoms with Gasteiger partial charge in [-0.15, -0.1) is 11.3 Å². The number of halogens is 2. The maximum Gasteiger partial charge on any atom is 0.0823 e. The van der Waals surface area contributed by atoms with E-state index >= 15 is 0 Å². The largest absolute Gasteiger partial charge is 0.379 e. The van der Waals surface area contributed by atoms with E-state index in [-0.39, 0.29) is 5.41 Å². The third-order valence-corrected chi connectivity index (χ3v) is 5.14. The maximum atomic E-state index is 6.15. The van der Waals surface area contributed by atoms with Crippen molar-refractivity contribution in [3.05, 3.63) is 50.1 Å². The van der Waals surface area contributed by atoms with Gasteiger partial charge in [-0.1, -0.05) is 50.0 Å². The van der Waals surface area contributed by atoms with E-state index < -0.39 is 0 Å². The minimum atomic E-state index is 0.205. The highest BCUT2D eigenvalue weighted by Crippen LogP contribution is 2.32. The number of rotatable bonds is 3. The van der Waals surface area contributed by atoms with Crippen molar-refractivity contribution in [1.82, 2.24) is 0 Å². The van der Waals surface area contributed by atoms with Gasteiger partial charge in [0.2, 0.25) is 0 Å². The number of hydrogen-bond acceptors (Lipinski definition) is 2. The van der Waals surface area contributed by atoms with Gasteiger partial charge in [0.15, 0.2) is 0 Å². The van der Waals surface area contributed by atoms with Crippen molar-refractivity contribution >= 4 is 40.2 Å². The summed E-state index contributed by atoms with van der Waals surface area (Å²) in [5.41, 5.74) is 1.08. The van der Waals surface area contributed by atoms with Crippen LogP contribution >= 0.6 is 34.5 Å². The fraction of sp³-hybridized carbons (Fsp3) is 0.333. The Labute approximate surface area is 128 Å². The second-order valence-corrected chi connectivity index (χ2v) is 7.42. The van der Waals surface area contributed by atoms with Crippen molar-refractivity contribution in [3.8, 4) is 0 Å². The first kappa shape index (κ1) is 14.7. The van der Waals surface area contributed by atoms with E-state index in [1.165, 1.54) is 9.75 Å². The highest BCUT2D eigenvalue weighted by molar-refractivity contribution is 7.12. The van der Waals surface area contributed by atoms with Crippen molar-refractivity contribution in [2.24, 2.45) is 0 Å². The Morgan fingerprint density at radius 2 is 1.84 bits per heavy atom. The van der Waals surface area contributed by atoms with Crippen LogP contribution in [-0.2, 0) is 12.0 Å². The Kier molecular flexibility index (Phi) is 4.44. The molecule has 0 aliphatic rings. The predicted octanol–water partition coefficient (Wildman–Crippen LogP) is 5.96. The van der Waals surface area contributed by atoms with Crippen molar-refractivity contribution < 1.29 is 0 Å². The monoisotopic (exact) mass is 313 g/mol. The van der Waals surface area contributed by atoms with Gasteiger partial charge < -0.3 is 5.32 Å². The Morgan fingerprint density at radius 3 is 2.47 bits per heavy atom. The van der Waals surface area contributed by atoms with Crippen LogP contribution in [0.25, 0.3) is 0 Å². The van der Waals surface area contributed by atoms with Gasteiger partial charge in [0.1, 0.15) is 0 Å². The van der Waals surface area contributed by atoms with Crippen LogP contribution in [-0.4, -0.2) is 0 Å². The van der Waals surface area contributed by atoms with Gasteiger partial charge in [-0.25, -0.2) is 0 Å². The minimum Gasteiger partial charge on any atom is -0.379 e. The Hall–Kier alpha value is -0.700. The lowest BCUT2D eigenvalue weighted by Gasteiger charge is -2.15. The van der Waals surface area contributed by atoms with Crippen LogP contribution in [0.1, 0.15) is 30.5 Å². The SMILES string of the molecule is CC(C)(C)c1ccc(CNc2cccc(Cl)c2Cl)s1. The topological polar surface area (TPSA) is 12.0 Å². The molecule has 0 radical (unpaired) electrons. The zero-order valence-electron chi connectivity index (χ0n) is 11.3. The van der Waals surface area contributed by atoms with E-state index in [0.717, 1.165) is 12.2 Å². The Balaban J connectivity index is 2.07. The molecule has 1 heterocycles. The lowest BCUT2D eigenvalue weighted by Crippen LogP contribution is -2.07. The number of nitrogens with one attached hydrogen (secondary N) is 1. The third kappa shape index (κ3) is 3.65. The molecular weight excluding hydrogens is 297 g/mol. The average molecular weight is 314 g/mol. The summed E-state index contributed by atoms with van der Waals surface area (Å²) in [5.74, 6) is 0. The van der Waals surface area contributed by atoms with E-state index in [0.29, 0.717) is 10.0 Å². The van der Waals surface area contributed by atoms with Crippen molar-refractivity contribution in [3.63, 3.8) is 0 Å². The summed E-state index contributed by atoms with van der Waals surface area (Å²) in [6.45, 7) is 7.44. The molecule has 0 spiro atoms. The van der Waals surface area contributed by atoms with Gasteiger partial charge in [-0.2, -0.15) is 0 Å². The second kappa shape index (κ2) is 5.74.